The molecule has 1 saturated heterocycles. The minimum Gasteiger partial charge on any atom is -0.480 e. The van der Waals surface area contributed by atoms with Crippen LogP contribution in [0.5, 0.6) is 0 Å². The van der Waals surface area contributed by atoms with Gasteiger partial charge in [0.1, 0.15) is 6.04 Å². The first-order chi connectivity index (χ1) is 7.99. The molecule has 1 rings (SSSR count). The van der Waals surface area contributed by atoms with Crippen LogP contribution in [0.25, 0.3) is 0 Å². The second kappa shape index (κ2) is 6.93. The highest BCUT2D eigenvalue weighted by Gasteiger charge is 2.19. The lowest BCUT2D eigenvalue weighted by Gasteiger charge is -2.19. The summed E-state index contributed by atoms with van der Waals surface area (Å²) in [5.74, 6) is -0.105. The molecular weight excluding hydrogens is 218 g/mol. The molecule has 0 aromatic rings. The molecule has 3 N–H and O–H groups in total. The Hall–Kier alpha value is -0.650. The smallest absolute Gasteiger partial charge is 0.320 e. The Balaban J connectivity index is 2.08. The standard InChI is InChI=1S/C12H25N3O2/c1-14(8-5-11(13)12(16)17)6-3-10-4-7-15(2)9-10/h10-11H,3-9,13H2,1-2H3,(H,16,17). The summed E-state index contributed by atoms with van der Waals surface area (Å²) in [6, 6.07) is -0.727. The molecule has 2 unspecified atom stereocenters. The Morgan fingerprint density at radius 2 is 2.29 bits per heavy atom. The first-order valence-corrected chi connectivity index (χ1v) is 6.34. The molecule has 0 amide bonds. The predicted octanol–water partition coefficient (Wildman–Crippen LogP) is 0.0620. The van der Waals surface area contributed by atoms with Gasteiger partial charge in [-0.05, 0) is 58.9 Å². The van der Waals surface area contributed by atoms with Gasteiger partial charge in [-0.15, -0.1) is 0 Å². The number of rotatable bonds is 7. The van der Waals surface area contributed by atoms with E-state index in [2.05, 4.69) is 16.8 Å². The Bertz CT molecular complexity index is 248. The highest BCUT2D eigenvalue weighted by Crippen LogP contribution is 2.17. The molecule has 0 radical (unpaired) electrons. The van der Waals surface area contributed by atoms with Crippen molar-refractivity contribution >= 4 is 5.97 Å². The van der Waals surface area contributed by atoms with Crippen molar-refractivity contribution < 1.29 is 9.90 Å². The van der Waals surface area contributed by atoms with E-state index in [1.165, 1.54) is 25.9 Å². The summed E-state index contributed by atoms with van der Waals surface area (Å²) in [6.45, 7) is 4.20. The molecule has 17 heavy (non-hydrogen) atoms. The molecule has 0 aromatic heterocycles. The molecule has 1 aliphatic rings. The third kappa shape index (κ3) is 5.48. The number of carbonyl (C=O) groups is 1. The number of carboxylic acids is 1. The van der Waals surface area contributed by atoms with Gasteiger partial charge < -0.3 is 20.6 Å². The van der Waals surface area contributed by atoms with Crippen LogP contribution < -0.4 is 5.73 Å². The van der Waals surface area contributed by atoms with Gasteiger partial charge in [0.15, 0.2) is 0 Å². The van der Waals surface area contributed by atoms with E-state index in [4.69, 9.17) is 10.8 Å². The Labute approximate surface area is 104 Å². The zero-order valence-corrected chi connectivity index (χ0v) is 10.9. The molecule has 0 bridgehead atoms. The number of nitrogens with two attached hydrogens (primary N) is 1. The third-order valence-electron chi connectivity index (χ3n) is 3.55. The average molecular weight is 243 g/mol. The van der Waals surface area contributed by atoms with E-state index in [-0.39, 0.29) is 0 Å². The predicted molar refractivity (Wildman–Crippen MR) is 67.9 cm³/mol. The highest BCUT2D eigenvalue weighted by molar-refractivity contribution is 5.72. The summed E-state index contributed by atoms with van der Waals surface area (Å²) < 4.78 is 0. The number of carboxylic acid groups (broad SMARTS) is 1. The first-order valence-electron chi connectivity index (χ1n) is 6.34. The van der Waals surface area contributed by atoms with E-state index in [0.717, 1.165) is 19.0 Å². The first kappa shape index (κ1) is 14.4. The van der Waals surface area contributed by atoms with Crippen molar-refractivity contribution in [1.29, 1.82) is 0 Å². The van der Waals surface area contributed by atoms with Gasteiger partial charge in [0.05, 0.1) is 0 Å². The van der Waals surface area contributed by atoms with Crippen LogP contribution >= 0.6 is 0 Å². The third-order valence-corrected chi connectivity index (χ3v) is 3.55. The van der Waals surface area contributed by atoms with Gasteiger partial charge >= 0.3 is 5.97 Å². The minimum atomic E-state index is -0.907. The number of hydrogen-bond acceptors (Lipinski definition) is 4. The van der Waals surface area contributed by atoms with Crippen LogP contribution in [0.15, 0.2) is 0 Å². The van der Waals surface area contributed by atoms with Gasteiger partial charge in [-0.1, -0.05) is 0 Å². The SMILES string of the molecule is CN(CCC1CCN(C)C1)CCC(N)C(=O)O. The number of likely N-dealkylation sites (tertiary alicyclic amines) is 1. The summed E-state index contributed by atoms with van der Waals surface area (Å²) in [6.07, 6.45) is 3.01. The molecule has 1 heterocycles. The number of hydrogen-bond donors (Lipinski definition) is 2. The molecular formula is C12H25N3O2. The Morgan fingerprint density at radius 3 is 2.82 bits per heavy atom. The molecule has 0 saturated carbocycles. The molecule has 0 spiro atoms. The van der Waals surface area contributed by atoms with Gasteiger partial charge in [0.25, 0.3) is 0 Å². The van der Waals surface area contributed by atoms with E-state index in [9.17, 15) is 4.79 Å². The number of nitrogens with zero attached hydrogens (tertiary/aromatic N) is 2. The van der Waals surface area contributed by atoms with E-state index in [0.29, 0.717) is 6.42 Å². The number of aliphatic carboxylic acids is 1. The Kier molecular flexibility index (Phi) is 5.88. The second-order valence-corrected chi connectivity index (χ2v) is 5.24. The van der Waals surface area contributed by atoms with Crippen LogP contribution in [0.4, 0.5) is 0 Å². The van der Waals surface area contributed by atoms with E-state index < -0.39 is 12.0 Å². The van der Waals surface area contributed by atoms with Crippen molar-refractivity contribution in [3.8, 4) is 0 Å². The van der Waals surface area contributed by atoms with Gasteiger partial charge in [-0.25, -0.2) is 0 Å². The van der Waals surface area contributed by atoms with E-state index >= 15 is 0 Å². The topological polar surface area (TPSA) is 69.8 Å². The lowest BCUT2D eigenvalue weighted by atomic mass is 10.0. The molecule has 1 aliphatic heterocycles. The van der Waals surface area contributed by atoms with Crippen LogP contribution in [0.2, 0.25) is 0 Å². The molecule has 2 atom stereocenters. The van der Waals surface area contributed by atoms with Crippen molar-refractivity contribution in [3.05, 3.63) is 0 Å². The van der Waals surface area contributed by atoms with Gasteiger partial charge in [-0.3, -0.25) is 4.79 Å². The molecule has 5 heteroatoms. The zero-order chi connectivity index (χ0) is 12.8. The highest BCUT2D eigenvalue weighted by atomic mass is 16.4. The molecule has 100 valence electrons. The monoisotopic (exact) mass is 243 g/mol. The van der Waals surface area contributed by atoms with Crippen molar-refractivity contribution in [2.75, 3.05) is 40.3 Å². The van der Waals surface area contributed by atoms with Crippen molar-refractivity contribution in [1.82, 2.24) is 9.80 Å². The van der Waals surface area contributed by atoms with Crippen LogP contribution in [-0.4, -0.2) is 67.2 Å². The van der Waals surface area contributed by atoms with Gasteiger partial charge in [-0.2, -0.15) is 0 Å². The lowest BCUT2D eigenvalue weighted by Crippen LogP contribution is -2.35. The lowest BCUT2D eigenvalue weighted by molar-refractivity contribution is -0.138. The molecule has 0 aromatic carbocycles. The molecule has 0 aliphatic carbocycles. The summed E-state index contributed by atoms with van der Waals surface area (Å²) in [4.78, 5) is 15.1. The largest absolute Gasteiger partial charge is 0.480 e. The summed E-state index contributed by atoms with van der Waals surface area (Å²) in [5, 5.41) is 8.68. The maximum absolute atomic E-state index is 10.6. The average Bonchev–Trinajstić information content (AvgIpc) is 2.69. The van der Waals surface area contributed by atoms with Crippen LogP contribution in [0.3, 0.4) is 0 Å². The summed E-state index contributed by atoms with van der Waals surface area (Å²) in [7, 11) is 4.20. The molecule has 1 fully saturated rings. The maximum atomic E-state index is 10.6. The fourth-order valence-electron chi connectivity index (χ4n) is 2.26. The van der Waals surface area contributed by atoms with Crippen molar-refractivity contribution in [2.24, 2.45) is 11.7 Å². The van der Waals surface area contributed by atoms with Crippen molar-refractivity contribution in [2.45, 2.75) is 25.3 Å². The summed E-state index contributed by atoms with van der Waals surface area (Å²) in [5.41, 5.74) is 5.47. The van der Waals surface area contributed by atoms with Crippen LogP contribution in [0.1, 0.15) is 19.3 Å². The van der Waals surface area contributed by atoms with E-state index in [1.807, 2.05) is 7.05 Å². The van der Waals surface area contributed by atoms with Gasteiger partial charge in [0.2, 0.25) is 0 Å². The van der Waals surface area contributed by atoms with Crippen LogP contribution in [-0.2, 0) is 4.79 Å². The van der Waals surface area contributed by atoms with Crippen molar-refractivity contribution in [3.63, 3.8) is 0 Å². The zero-order valence-electron chi connectivity index (χ0n) is 10.9. The normalized spacial score (nSPS) is 23.2. The van der Waals surface area contributed by atoms with Gasteiger partial charge in [0, 0.05) is 6.54 Å². The fourth-order valence-corrected chi connectivity index (χ4v) is 2.26. The van der Waals surface area contributed by atoms with E-state index in [1.54, 1.807) is 0 Å². The summed E-state index contributed by atoms with van der Waals surface area (Å²) >= 11 is 0. The molecule has 5 nitrogen and oxygen atoms in total. The van der Waals surface area contributed by atoms with Crippen LogP contribution in [0, 0.1) is 5.92 Å². The maximum Gasteiger partial charge on any atom is 0.320 e. The Morgan fingerprint density at radius 1 is 1.59 bits per heavy atom. The second-order valence-electron chi connectivity index (χ2n) is 5.24. The fraction of sp³-hybridized carbons (Fsp3) is 0.917. The quantitative estimate of drug-likeness (QED) is 0.662. The minimum absolute atomic E-state index is 0.524.